The first kappa shape index (κ1) is 18.0. The Morgan fingerprint density at radius 1 is 1.21 bits per heavy atom. The van der Waals surface area contributed by atoms with Gasteiger partial charge in [-0.3, -0.25) is 4.79 Å². The van der Waals surface area contributed by atoms with Gasteiger partial charge in [-0.25, -0.2) is 5.43 Å². The predicted molar refractivity (Wildman–Crippen MR) is 101 cm³/mol. The van der Waals surface area contributed by atoms with E-state index in [0.717, 1.165) is 21.5 Å². The van der Waals surface area contributed by atoms with E-state index >= 15 is 0 Å². The summed E-state index contributed by atoms with van der Waals surface area (Å²) >= 11 is 3.37. The molecule has 6 heteroatoms. The summed E-state index contributed by atoms with van der Waals surface area (Å²) in [5.41, 5.74) is 4.28. The Hall–Kier alpha value is -2.34. The van der Waals surface area contributed by atoms with Crippen LogP contribution in [0.4, 0.5) is 5.69 Å². The summed E-state index contributed by atoms with van der Waals surface area (Å²) in [6, 6.07) is 14.7. The summed E-state index contributed by atoms with van der Waals surface area (Å²) < 4.78 is 6.38. The molecular weight excluding hydrogens is 370 g/mol. The van der Waals surface area contributed by atoms with Gasteiger partial charge in [0.15, 0.2) is 0 Å². The third kappa shape index (κ3) is 5.70. The van der Waals surface area contributed by atoms with Crippen molar-refractivity contribution in [3.05, 3.63) is 58.6 Å². The first-order valence-corrected chi connectivity index (χ1v) is 8.45. The number of anilines is 1. The Kier molecular flexibility index (Phi) is 6.81. The predicted octanol–water partition coefficient (Wildman–Crippen LogP) is 3.80. The maximum absolute atomic E-state index is 12.0. The number of benzene rings is 2. The third-order valence-electron chi connectivity index (χ3n) is 3.20. The number of hydrogen-bond donors (Lipinski definition) is 2. The highest BCUT2D eigenvalue weighted by Gasteiger charge is 2.11. The molecule has 0 saturated heterocycles. The normalized spacial score (nSPS) is 12.0. The second-order valence-corrected chi connectivity index (χ2v) is 6.02. The molecule has 0 spiro atoms. The number of hydrogen-bond acceptors (Lipinski definition) is 4. The van der Waals surface area contributed by atoms with Crippen LogP contribution in [0.25, 0.3) is 0 Å². The Labute approximate surface area is 150 Å². The van der Waals surface area contributed by atoms with Crippen LogP contribution in [0.5, 0.6) is 5.75 Å². The van der Waals surface area contributed by atoms with Crippen LogP contribution in [-0.2, 0) is 4.79 Å². The fraction of sp³-hybridized carbons (Fsp3) is 0.222. The van der Waals surface area contributed by atoms with Gasteiger partial charge in [-0.1, -0.05) is 28.1 Å². The van der Waals surface area contributed by atoms with Crippen molar-refractivity contribution in [2.75, 3.05) is 11.9 Å². The molecule has 0 fully saturated rings. The zero-order chi connectivity index (χ0) is 17.4. The van der Waals surface area contributed by atoms with Gasteiger partial charge < -0.3 is 10.1 Å². The number of halogens is 1. The van der Waals surface area contributed by atoms with E-state index in [1.807, 2.05) is 55.5 Å². The van der Waals surface area contributed by atoms with Crippen LogP contribution in [0.15, 0.2) is 58.1 Å². The summed E-state index contributed by atoms with van der Waals surface area (Å²) in [6.45, 7) is 4.34. The van der Waals surface area contributed by atoms with Gasteiger partial charge >= 0.3 is 0 Å². The first-order chi connectivity index (χ1) is 11.6. The minimum absolute atomic E-state index is 0.211. The Morgan fingerprint density at radius 3 is 2.50 bits per heavy atom. The lowest BCUT2D eigenvalue weighted by Gasteiger charge is -2.13. The summed E-state index contributed by atoms with van der Waals surface area (Å²) in [5, 5.41) is 7.09. The smallest absolute Gasteiger partial charge is 0.262 e. The minimum Gasteiger partial charge on any atom is -0.494 e. The molecule has 0 aromatic heterocycles. The fourth-order valence-corrected chi connectivity index (χ4v) is 2.21. The third-order valence-corrected chi connectivity index (χ3v) is 3.73. The van der Waals surface area contributed by atoms with Gasteiger partial charge in [0.05, 0.1) is 12.8 Å². The zero-order valence-corrected chi connectivity index (χ0v) is 15.2. The monoisotopic (exact) mass is 389 g/mol. The fourth-order valence-electron chi connectivity index (χ4n) is 1.95. The van der Waals surface area contributed by atoms with Crippen molar-refractivity contribution >= 4 is 33.7 Å². The van der Waals surface area contributed by atoms with Crippen molar-refractivity contribution in [3.8, 4) is 5.75 Å². The number of carbonyl (C=O) groups is 1. The van der Waals surface area contributed by atoms with Crippen LogP contribution < -0.4 is 15.5 Å². The number of hydrazone groups is 1. The van der Waals surface area contributed by atoms with Crippen LogP contribution in [0, 0.1) is 0 Å². The highest BCUT2D eigenvalue weighted by Crippen LogP contribution is 2.16. The summed E-state index contributed by atoms with van der Waals surface area (Å²) in [6.07, 6.45) is 1.61. The van der Waals surface area contributed by atoms with Crippen molar-refractivity contribution in [2.24, 2.45) is 5.10 Å². The number of amides is 1. The van der Waals surface area contributed by atoms with Gasteiger partial charge in [0, 0.05) is 10.2 Å². The molecule has 2 N–H and O–H groups in total. The van der Waals surface area contributed by atoms with E-state index in [-0.39, 0.29) is 5.91 Å². The average molecular weight is 390 g/mol. The van der Waals surface area contributed by atoms with E-state index < -0.39 is 6.04 Å². The molecular formula is C18H20BrN3O2. The lowest BCUT2D eigenvalue weighted by Crippen LogP contribution is -2.34. The number of nitrogens with zero attached hydrogens (tertiary/aromatic N) is 1. The summed E-state index contributed by atoms with van der Waals surface area (Å²) in [4.78, 5) is 12.0. The minimum atomic E-state index is -0.412. The van der Waals surface area contributed by atoms with Gasteiger partial charge in [-0.05, 0) is 55.8 Å². The van der Waals surface area contributed by atoms with Crippen LogP contribution in [0.2, 0.25) is 0 Å². The number of nitrogens with one attached hydrogen (secondary N) is 2. The standard InChI is InChI=1S/C18H20BrN3O2/c1-3-24-17-10-8-16(9-11-17)21-13(2)18(23)22-20-12-14-4-6-15(19)7-5-14/h4-13,21H,3H2,1-2H3,(H,22,23)/b20-12-/t13-/m0/s1. The van der Waals surface area contributed by atoms with E-state index in [4.69, 9.17) is 4.74 Å². The lowest BCUT2D eigenvalue weighted by atomic mass is 10.2. The van der Waals surface area contributed by atoms with Gasteiger partial charge in [0.2, 0.25) is 0 Å². The lowest BCUT2D eigenvalue weighted by molar-refractivity contribution is -0.121. The average Bonchev–Trinajstić information content (AvgIpc) is 2.58. The van der Waals surface area contributed by atoms with Crippen LogP contribution in [0.3, 0.4) is 0 Å². The van der Waals surface area contributed by atoms with Crippen molar-refractivity contribution in [2.45, 2.75) is 19.9 Å². The van der Waals surface area contributed by atoms with Gasteiger partial charge in [0.25, 0.3) is 5.91 Å². The molecule has 2 aromatic carbocycles. The van der Waals surface area contributed by atoms with Crippen LogP contribution in [0.1, 0.15) is 19.4 Å². The van der Waals surface area contributed by atoms with E-state index in [1.165, 1.54) is 0 Å². The molecule has 5 nitrogen and oxygen atoms in total. The molecule has 0 radical (unpaired) electrons. The molecule has 0 aliphatic carbocycles. The van der Waals surface area contributed by atoms with Gasteiger partial charge in [0.1, 0.15) is 11.8 Å². The number of carbonyl (C=O) groups excluding carboxylic acids is 1. The number of rotatable bonds is 7. The van der Waals surface area contributed by atoms with Crippen LogP contribution in [-0.4, -0.2) is 24.8 Å². The van der Waals surface area contributed by atoms with Crippen molar-refractivity contribution in [3.63, 3.8) is 0 Å². The maximum Gasteiger partial charge on any atom is 0.262 e. The van der Waals surface area contributed by atoms with Crippen molar-refractivity contribution in [1.82, 2.24) is 5.43 Å². The van der Waals surface area contributed by atoms with E-state index in [0.29, 0.717) is 6.61 Å². The first-order valence-electron chi connectivity index (χ1n) is 7.66. The second kappa shape index (κ2) is 9.08. The van der Waals surface area contributed by atoms with E-state index in [1.54, 1.807) is 13.1 Å². The SMILES string of the molecule is CCOc1ccc(N[C@@H](C)C(=O)N/N=C\c2ccc(Br)cc2)cc1. The van der Waals surface area contributed by atoms with E-state index in [9.17, 15) is 4.79 Å². The molecule has 0 saturated carbocycles. The molecule has 0 bridgehead atoms. The Bertz CT molecular complexity index is 684. The Morgan fingerprint density at radius 2 is 1.88 bits per heavy atom. The molecule has 0 aliphatic rings. The van der Waals surface area contributed by atoms with Crippen LogP contribution >= 0.6 is 15.9 Å². The second-order valence-electron chi connectivity index (χ2n) is 5.11. The highest BCUT2D eigenvalue weighted by molar-refractivity contribution is 9.10. The summed E-state index contributed by atoms with van der Waals surface area (Å²) in [7, 11) is 0. The molecule has 126 valence electrons. The van der Waals surface area contributed by atoms with E-state index in [2.05, 4.69) is 31.8 Å². The van der Waals surface area contributed by atoms with Crippen molar-refractivity contribution in [1.29, 1.82) is 0 Å². The maximum atomic E-state index is 12.0. The largest absolute Gasteiger partial charge is 0.494 e. The molecule has 0 unspecified atom stereocenters. The summed E-state index contributed by atoms with van der Waals surface area (Å²) in [5.74, 6) is 0.594. The quantitative estimate of drug-likeness (QED) is 0.559. The zero-order valence-electron chi connectivity index (χ0n) is 13.6. The van der Waals surface area contributed by atoms with Gasteiger partial charge in [-0.2, -0.15) is 5.10 Å². The molecule has 0 aliphatic heterocycles. The highest BCUT2D eigenvalue weighted by atomic mass is 79.9. The topological polar surface area (TPSA) is 62.7 Å². The Balaban J connectivity index is 1.84. The molecule has 24 heavy (non-hydrogen) atoms. The number of ether oxygens (including phenoxy) is 1. The molecule has 0 heterocycles. The van der Waals surface area contributed by atoms with Gasteiger partial charge in [-0.15, -0.1) is 0 Å². The molecule has 1 atom stereocenters. The molecule has 1 amide bonds. The van der Waals surface area contributed by atoms with Crippen molar-refractivity contribution < 1.29 is 9.53 Å². The molecule has 2 aromatic rings. The molecule has 2 rings (SSSR count).